The van der Waals surface area contributed by atoms with Crippen LogP contribution >= 0.6 is 11.3 Å². The minimum absolute atomic E-state index is 0.113. The van der Waals surface area contributed by atoms with Crippen molar-refractivity contribution >= 4 is 32.6 Å². The van der Waals surface area contributed by atoms with Gasteiger partial charge in [0, 0.05) is 19.6 Å². The number of thiazole rings is 1. The van der Waals surface area contributed by atoms with Gasteiger partial charge in [0.05, 0.1) is 30.5 Å². The van der Waals surface area contributed by atoms with Crippen molar-refractivity contribution in [2.24, 2.45) is 0 Å². The zero-order valence-electron chi connectivity index (χ0n) is 16.2. The smallest absolute Gasteiger partial charge is 0.264 e. The average molecular weight is 413 g/mol. The van der Waals surface area contributed by atoms with E-state index < -0.39 is 0 Å². The van der Waals surface area contributed by atoms with Crippen molar-refractivity contribution < 1.29 is 19.0 Å². The fourth-order valence-corrected chi connectivity index (χ4v) is 4.12. The molecule has 0 saturated carbocycles. The van der Waals surface area contributed by atoms with E-state index in [-0.39, 0.29) is 12.5 Å². The van der Waals surface area contributed by atoms with Crippen molar-refractivity contribution in [3.8, 4) is 11.5 Å². The molecule has 8 heteroatoms. The number of morpholine rings is 1. The number of fused-ring (bicyclic) bond motifs is 1. The Hall–Kier alpha value is -2.68. The molecule has 0 radical (unpaired) electrons. The molecular formula is C21H23N3O4S. The van der Waals surface area contributed by atoms with Crippen LogP contribution in [0.3, 0.4) is 0 Å². The minimum atomic E-state index is -0.261. The van der Waals surface area contributed by atoms with E-state index in [1.54, 1.807) is 19.2 Å². The van der Waals surface area contributed by atoms with Gasteiger partial charge in [-0.05, 0) is 29.8 Å². The molecule has 0 bridgehead atoms. The number of aromatic nitrogens is 1. The molecule has 0 atom stereocenters. The molecule has 1 aliphatic heterocycles. The molecule has 2 heterocycles. The lowest BCUT2D eigenvalue weighted by atomic mass is 10.2. The lowest BCUT2D eigenvalue weighted by molar-refractivity contribution is -0.118. The first kappa shape index (κ1) is 19.6. The monoisotopic (exact) mass is 413 g/mol. The number of rotatable bonds is 7. The van der Waals surface area contributed by atoms with Gasteiger partial charge in [-0.25, -0.2) is 4.98 Å². The molecular weight excluding hydrogens is 390 g/mol. The quantitative estimate of drug-likeness (QED) is 0.642. The molecule has 0 aliphatic carbocycles. The molecule has 0 spiro atoms. The standard InChI is InChI=1S/C21H23N3O4S/c1-26-17-4-2-3-5-18(17)28-14-20(25)23-21-22-16-7-6-15(12-19(16)29-21)13-24-8-10-27-11-9-24/h2-7,12H,8-11,13-14H2,1H3,(H,22,23,25). The maximum atomic E-state index is 12.3. The van der Waals surface area contributed by atoms with Crippen molar-refractivity contribution in [2.45, 2.75) is 6.54 Å². The molecule has 1 saturated heterocycles. The number of nitrogens with zero attached hydrogens (tertiary/aromatic N) is 2. The topological polar surface area (TPSA) is 72.9 Å². The van der Waals surface area contributed by atoms with Gasteiger partial charge in [0.15, 0.2) is 23.2 Å². The summed E-state index contributed by atoms with van der Waals surface area (Å²) in [7, 11) is 1.57. The van der Waals surface area contributed by atoms with Gasteiger partial charge in [0.2, 0.25) is 0 Å². The molecule has 2 aromatic carbocycles. The van der Waals surface area contributed by atoms with E-state index in [0.717, 1.165) is 43.1 Å². The molecule has 3 aromatic rings. The second-order valence-electron chi connectivity index (χ2n) is 6.70. The van der Waals surface area contributed by atoms with Crippen LogP contribution < -0.4 is 14.8 Å². The van der Waals surface area contributed by atoms with Crippen LogP contribution in [0.4, 0.5) is 5.13 Å². The number of hydrogen-bond acceptors (Lipinski definition) is 7. The van der Waals surface area contributed by atoms with Crippen molar-refractivity contribution in [2.75, 3.05) is 45.3 Å². The number of carbonyl (C=O) groups excluding carboxylic acids is 1. The average Bonchev–Trinajstić information content (AvgIpc) is 3.14. The van der Waals surface area contributed by atoms with Crippen LogP contribution in [0.2, 0.25) is 0 Å². The van der Waals surface area contributed by atoms with Gasteiger partial charge in [0.1, 0.15) is 0 Å². The molecule has 29 heavy (non-hydrogen) atoms. The summed E-state index contributed by atoms with van der Waals surface area (Å²) >= 11 is 1.46. The predicted octanol–water partition coefficient (Wildman–Crippen LogP) is 3.15. The maximum Gasteiger partial charge on any atom is 0.264 e. The molecule has 1 N–H and O–H groups in total. The molecule has 1 aliphatic rings. The summed E-state index contributed by atoms with van der Waals surface area (Å²) < 4.78 is 17.2. The SMILES string of the molecule is COc1ccccc1OCC(=O)Nc1nc2ccc(CN3CCOCC3)cc2s1. The van der Waals surface area contributed by atoms with Crippen LogP contribution in [0.5, 0.6) is 11.5 Å². The summed E-state index contributed by atoms with van der Waals surface area (Å²) in [6.07, 6.45) is 0. The van der Waals surface area contributed by atoms with Gasteiger partial charge in [0.25, 0.3) is 5.91 Å². The van der Waals surface area contributed by atoms with E-state index in [0.29, 0.717) is 16.6 Å². The Bertz CT molecular complexity index is 985. The summed E-state index contributed by atoms with van der Waals surface area (Å²) in [5.41, 5.74) is 2.11. The first-order valence-electron chi connectivity index (χ1n) is 9.46. The molecule has 1 aromatic heterocycles. The summed E-state index contributed by atoms with van der Waals surface area (Å²) in [6, 6.07) is 13.5. The zero-order valence-corrected chi connectivity index (χ0v) is 17.0. The zero-order chi connectivity index (χ0) is 20.1. The number of hydrogen-bond donors (Lipinski definition) is 1. The molecule has 1 fully saturated rings. The first-order chi connectivity index (χ1) is 14.2. The van der Waals surface area contributed by atoms with Gasteiger partial charge in [-0.1, -0.05) is 29.5 Å². The lowest BCUT2D eigenvalue weighted by Gasteiger charge is -2.26. The Morgan fingerprint density at radius 2 is 2.00 bits per heavy atom. The lowest BCUT2D eigenvalue weighted by Crippen LogP contribution is -2.35. The highest BCUT2D eigenvalue weighted by Crippen LogP contribution is 2.28. The van der Waals surface area contributed by atoms with Gasteiger partial charge >= 0.3 is 0 Å². The third-order valence-corrected chi connectivity index (χ3v) is 5.57. The number of methoxy groups -OCH3 is 1. The van der Waals surface area contributed by atoms with Crippen LogP contribution in [0, 0.1) is 0 Å². The van der Waals surface area contributed by atoms with E-state index in [1.165, 1.54) is 16.9 Å². The first-order valence-corrected chi connectivity index (χ1v) is 10.3. The fourth-order valence-electron chi connectivity index (χ4n) is 3.18. The van der Waals surface area contributed by atoms with Crippen molar-refractivity contribution in [3.05, 3.63) is 48.0 Å². The normalized spacial score (nSPS) is 14.7. The highest BCUT2D eigenvalue weighted by molar-refractivity contribution is 7.22. The van der Waals surface area contributed by atoms with Gasteiger partial charge in [-0.3, -0.25) is 15.0 Å². The molecule has 4 rings (SSSR count). The number of benzene rings is 2. The molecule has 1 amide bonds. The van der Waals surface area contributed by atoms with Gasteiger partial charge in [-0.15, -0.1) is 0 Å². The Morgan fingerprint density at radius 3 is 2.79 bits per heavy atom. The highest BCUT2D eigenvalue weighted by atomic mass is 32.1. The Morgan fingerprint density at radius 1 is 1.21 bits per heavy atom. The molecule has 7 nitrogen and oxygen atoms in total. The van der Waals surface area contributed by atoms with Crippen LogP contribution in [0.25, 0.3) is 10.2 Å². The van der Waals surface area contributed by atoms with E-state index >= 15 is 0 Å². The molecule has 152 valence electrons. The van der Waals surface area contributed by atoms with Crippen molar-refractivity contribution in [1.82, 2.24) is 9.88 Å². The number of carbonyl (C=O) groups is 1. The highest BCUT2D eigenvalue weighted by Gasteiger charge is 2.13. The van der Waals surface area contributed by atoms with E-state index in [2.05, 4.69) is 27.3 Å². The Balaban J connectivity index is 1.36. The van der Waals surface area contributed by atoms with Gasteiger partial charge in [-0.2, -0.15) is 0 Å². The maximum absolute atomic E-state index is 12.3. The summed E-state index contributed by atoms with van der Waals surface area (Å²) in [5.74, 6) is 0.860. The summed E-state index contributed by atoms with van der Waals surface area (Å²) in [6.45, 7) is 4.26. The van der Waals surface area contributed by atoms with Crippen LogP contribution in [-0.4, -0.2) is 55.8 Å². The number of amides is 1. The summed E-state index contributed by atoms with van der Waals surface area (Å²) in [4.78, 5) is 19.1. The van der Waals surface area contributed by atoms with Crippen LogP contribution in [0.15, 0.2) is 42.5 Å². The molecule has 0 unspecified atom stereocenters. The number of ether oxygens (including phenoxy) is 3. The van der Waals surface area contributed by atoms with E-state index in [9.17, 15) is 4.79 Å². The van der Waals surface area contributed by atoms with Gasteiger partial charge < -0.3 is 14.2 Å². The van der Waals surface area contributed by atoms with E-state index in [4.69, 9.17) is 14.2 Å². The van der Waals surface area contributed by atoms with Crippen molar-refractivity contribution in [1.29, 1.82) is 0 Å². The second-order valence-corrected chi connectivity index (χ2v) is 7.73. The minimum Gasteiger partial charge on any atom is -0.493 e. The summed E-state index contributed by atoms with van der Waals surface area (Å²) in [5, 5.41) is 3.38. The van der Waals surface area contributed by atoms with E-state index in [1.807, 2.05) is 18.2 Å². The number of para-hydroxylation sites is 2. The third kappa shape index (κ3) is 5.03. The van der Waals surface area contributed by atoms with Crippen LogP contribution in [0.1, 0.15) is 5.56 Å². The number of anilines is 1. The van der Waals surface area contributed by atoms with Crippen molar-refractivity contribution in [3.63, 3.8) is 0 Å². The third-order valence-electron chi connectivity index (χ3n) is 4.64. The fraction of sp³-hybridized carbons (Fsp3) is 0.333. The van der Waals surface area contributed by atoms with Crippen LogP contribution in [-0.2, 0) is 16.1 Å². The predicted molar refractivity (Wildman–Crippen MR) is 113 cm³/mol. The number of nitrogens with one attached hydrogen (secondary N) is 1. The Labute approximate surface area is 173 Å². The second kappa shape index (κ2) is 9.21. The largest absolute Gasteiger partial charge is 0.493 e. The Kier molecular flexibility index (Phi) is 6.24.